The van der Waals surface area contributed by atoms with Crippen molar-refractivity contribution in [3.63, 3.8) is 0 Å². The SMILES string of the molecule is COc1ccc(N2C(=Nc3ccccc3)CC2c2cc(C)cc(C)c2)cc1. The molecular weight excluding hydrogens is 332 g/mol. The topological polar surface area (TPSA) is 24.8 Å². The molecule has 0 bridgehead atoms. The Hall–Kier alpha value is -3.07. The number of anilines is 1. The van der Waals surface area contributed by atoms with Gasteiger partial charge in [0.1, 0.15) is 11.6 Å². The maximum Gasteiger partial charge on any atom is 0.119 e. The normalized spacial score (nSPS) is 17.7. The quantitative estimate of drug-likeness (QED) is 0.573. The summed E-state index contributed by atoms with van der Waals surface area (Å²) in [7, 11) is 1.69. The first-order valence-corrected chi connectivity index (χ1v) is 9.28. The van der Waals surface area contributed by atoms with Crippen molar-refractivity contribution < 1.29 is 4.74 Å². The molecule has 136 valence electrons. The van der Waals surface area contributed by atoms with E-state index in [1.807, 2.05) is 42.5 Å². The third kappa shape index (κ3) is 3.59. The Morgan fingerprint density at radius 2 is 1.56 bits per heavy atom. The van der Waals surface area contributed by atoms with Crippen molar-refractivity contribution in [1.82, 2.24) is 0 Å². The summed E-state index contributed by atoms with van der Waals surface area (Å²) in [6.45, 7) is 4.32. The number of rotatable bonds is 4. The van der Waals surface area contributed by atoms with Gasteiger partial charge in [-0.3, -0.25) is 0 Å². The molecule has 0 amide bonds. The first kappa shape index (κ1) is 17.3. The highest BCUT2D eigenvalue weighted by Gasteiger charge is 2.36. The molecule has 0 radical (unpaired) electrons. The molecule has 3 aromatic carbocycles. The summed E-state index contributed by atoms with van der Waals surface area (Å²) in [5.74, 6) is 1.96. The Morgan fingerprint density at radius 3 is 2.19 bits per heavy atom. The van der Waals surface area contributed by atoms with Crippen LogP contribution in [0, 0.1) is 13.8 Å². The average Bonchev–Trinajstić information content (AvgIpc) is 2.65. The largest absolute Gasteiger partial charge is 0.497 e. The zero-order chi connectivity index (χ0) is 18.8. The van der Waals surface area contributed by atoms with E-state index in [2.05, 4.69) is 49.1 Å². The first-order chi connectivity index (χ1) is 13.1. The van der Waals surface area contributed by atoms with Gasteiger partial charge in [0.2, 0.25) is 0 Å². The molecule has 4 rings (SSSR count). The minimum Gasteiger partial charge on any atom is -0.497 e. The number of nitrogens with zero attached hydrogens (tertiary/aromatic N) is 2. The van der Waals surface area contributed by atoms with Crippen LogP contribution >= 0.6 is 0 Å². The van der Waals surface area contributed by atoms with Crippen LogP contribution in [0.4, 0.5) is 11.4 Å². The number of ether oxygens (including phenoxy) is 1. The number of aryl methyl sites for hydroxylation is 2. The maximum absolute atomic E-state index is 5.32. The van der Waals surface area contributed by atoms with Crippen LogP contribution in [-0.4, -0.2) is 12.9 Å². The van der Waals surface area contributed by atoms with Gasteiger partial charge >= 0.3 is 0 Å². The van der Waals surface area contributed by atoms with E-state index in [0.29, 0.717) is 6.04 Å². The van der Waals surface area contributed by atoms with Crippen molar-refractivity contribution in [3.8, 4) is 5.75 Å². The van der Waals surface area contributed by atoms with E-state index < -0.39 is 0 Å². The molecule has 0 saturated carbocycles. The van der Waals surface area contributed by atoms with Gasteiger partial charge in [-0.1, -0.05) is 47.5 Å². The van der Waals surface area contributed by atoms with Gasteiger partial charge in [-0.25, -0.2) is 4.99 Å². The van der Waals surface area contributed by atoms with Gasteiger partial charge < -0.3 is 9.64 Å². The molecule has 3 nitrogen and oxygen atoms in total. The second kappa shape index (κ2) is 7.28. The fraction of sp³-hybridized carbons (Fsp3) is 0.208. The number of methoxy groups -OCH3 is 1. The summed E-state index contributed by atoms with van der Waals surface area (Å²) in [5.41, 5.74) is 6.07. The van der Waals surface area contributed by atoms with Crippen LogP contribution in [0.15, 0.2) is 77.8 Å². The van der Waals surface area contributed by atoms with Crippen LogP contribution in [0.25, 0.3) is 0 Å². The Labute approximate surface area is 160 Å². The van der Waals surface area contributed by atoms with Crippen LogP contribution in [-0.2, 0) is 0 Å². The molecule has 1 aliphatic heterocycles. The highest BCUT2D eigenvalue weighted by molar-refractivity contribution is 6.06. The Balaban J connectivity index is 1.72. The zero-order valence-electron chi connectivity index (χ0n) is 16.0. The summed E-state index contributed by atoms with van der Waals surface area (Å²) in [6.07, 6.45) is 0.934. The van der Waals surface area contributed by atoms with Gasteiger partial charge in [-0.15, -0.1) is 0 Å². The standard InChI is InChI=1S/C24H24N2O/c1-17-13-18(2)15-19(14-17)23-16-24(25-20-7-5-4-6-8-20)26(23)21-9-11-22(27-3)12-10-21/h4-15,23H,16H2,1-3H3. The summed E-state index contributed by atoms with van der Waals surface area (Å²) in [4.78, 5) is 7.23. The summed E-state index contributed by atoms with van der Waals surface area (Å²) < 4.78 is 5.32. The van der Waals surface area contributed by atoms with Crippen molar-refractivity contribution in [2.24, 2.45) is 4.99 Å². The summed E-state index contributed by atoms with van der Waals surface area (Å²) in [6, 6.07) is 25.5. The average molecular weight is 356 g/mol. The molecule has 1 fully saturated rings. The second-order valence-corrected chi connectivity index (χ2v) is 7.07. The molecular formula is C24H24N2O. The summed E-state index contributed by atoms with van der Waals surface area (Å²) >= 11 is 0. The van der Waals surface area contributed by atoms with Crippen molar-refractivity contribution in [1.29, 1.82) is 0 Å². The number of para-hydroxylation sites is 1. The minimum atomic E-state index is 0.305. The van der Waals surface area contributed by atoms with E-state index in [-0.39, 0.29) is 0 Å². The molecule has 0 aliphatic carbocycles. The monoisotopic (exact) mass is 356 g/mol. The van der Waals surface area contributed by atoms with Crippen molar-refractivity contribution in [3.05, 3.63) is 89.5 Å². The lowest BCUT2D eigenvalue weighted by molar-refractivity contribution is 0.415. The first-order valence-electron chi connectivity index (χ1n) is 9.28. The number of hydrogen-bond acceptors (Lipinski definition) is 2. The van der Waals surface area contributed by atoms with Crippen molar-refractivity contribution in [2.75, 3.05) is 12.0 Å². The van der Waals surface area contributed by atoms with Crippen molar-refractivity contribution >= 4 is 17.2 Å². The molecule has 0 spiro atoms. The third-order valence-corrected chi connectivity index (χ3v) is 4.96. The van der Waals surface area contributed by atoms with E-state index in [4.69, 9.17) is 9.73 Å². The highest BCUT2D eigenvalue weighted by Crippen LogP contribution is 2.41. The van der Waals surface area contributed by atoms with Crippen LogP contribution in [0.2, 0.25) is 0 Å². The summed E-state index contributed by atoms with van der Waals surface area (Å²) in [5, 5.41) is 0. The van der Waals surface area contributed by atoms with E-state index in [9.17, 15) is 0 Å². The molecule has 3 aromatic rings. The molecule has 1 saturated heterocycles. The molecule has 0 N–H and O–H groups in total. The number of aliphatic imine (C=N–C) groups is 1. The highest BCUT2D eigenvalue weighted by atomic mass is 16.5. The lowest BCUT2D eigenvalue weighted by Crippen LogP contribution is -2.46. The van der Waals surface area contributed by atoms with Gasteiger partial charge in [0, 0.05) is 12.1 Å². The zero-order valence-corrected chi connectivity index (χ0v) is 16.0. The van der Waals surface area contributed by atoms with Gasteiger partial charge in [0.15, 0.2) is 0 Å². The van der Waals surface area contributed by atoms with Gasteiger partial charge in [0.25, 0.3) is 0 Å². The minimum absolute atomic E-state index is 0.305. The molecule has 1 unspecified atom stereocenters. The van der Waals surface area contributed by atoms with Crippen LogP contribution < -0.4 is 9.64 Å². The lowest BCUT2D eigenvalue weighted by Gasteiger charge is -2.44. The number of amidine groups is 1. The van der Waals surface area contributed by atoms with E-state index >= 15 is 0 Å². The van der Waals surface area contributed by atoms with Crippen LogP contribution in [0.3, 0.4) is 0 Å². The predicted octanol–water partition coefficient (Wildman–Crippen LogP) is 5.99. The van der Waals surface area contributed by atoms with Crippen LogP contribution in [0.1, 0.15) is 29.2 Å². The maximum atomic E-state index is 5.32. The van der Waals surface area contributed by atoms with Crippen LogP contribution in [0.5, 0.6) is 5.75 Å². The number of benzene rings is 3. The fourth-order valence-corrected chi connectivity index (χ4v) is 3.72. The number of hydrogen-bond donors (Lipinski definition) is 0. The van der Waals surface area contributed by atoms with E-state index in [0.717, 1.165) is 29.4 Å². The molecule has 1 atom stereocenters. The fourth-order valence-electron chi connectivity index (χ4n) is 3.72. The Kier molecular flexibility index (Phi) is 4.68. The predicted molar refractivity (Wildman–Crippen MR) is 112 cm³/mol. The molecule has 0 aromatic heterocycles. The van der Waals surface area contributed by atoms with Gasteiger partial charge in [0.05, 0.1) is 18.8 Å². The molecule has 27 heavy (non-hydrogen) atoms. The molecule has 3 heteroatoms. The Bertz CT molecular complexity index is 941. The Morgan fingerprint density at radius 1 is 0.889 bits per heavy atom. The van der Waals surface area contributed by atoms with E-state index in [1.165, 1.54) is 16.7 Å². The van der Waals surface area contributed by atoms with Gasteiger partial charge in [-0.2, -0.15) is 0 Å². The van der Waals surface area contributed by atoms with E-state index in [1.54, 1.807) is 7.11 Å². The smallest absolute Gasteiger partial charge is 0.119 e. The second-order valence-electron chi connectivity index (χ2n) is 7.07. The molecule has 1 aliphatic rings. The van der Waals surface area contributed by atoms with Gasteiger partial charge in [-0.05, 0) is 55.8 Å². The molecule has 1 heterocycles. The third-order valence-electron chi connectivity index (χ3n) is 4.96. The van der Waals surface area contributed by atoms with Crippen molar-refractivity contribution in [2.45, 2.75) is 26.3 Å². The lowest BCUT2D eigenvalue weighted by atomic mass is 9.90.